The van der Waals surface area contributed by atoms with Gasteiger partial charge in [0, 0.05) is 22.0 Å². The number of carboxylic acids is 1. The summed E-state index contributed by atoms with van der Waals surface area (Å²) in [5, 5.41) is 20.0. The molecule has 0 aliphatic carbocycles. The van der Waals surface area contributed by atoms with E-state index in [2.05, 4.69) is 4.98 Å². The Morgan fingerprint density at radius 2 is 1.88 bits per heavy atom. The molecule has 5 heteroatoms. The Hall–Kier alpha value is -2.95. The molecule has 0 unspecified atom stereocenters. The number of phenolic OH excluding ortho intramolecular Hbond substituents is 1. The topological polar surface area (TPSA) is 82.6 Å². The highest BCUT2D eigenvalue weighted by molar-refractivity contribution is 5.96. The molecule has 2 aromatic carbocycles. The van der Waals surface area contributed by atoms with Crippen molar-refractivity contribution in [3.63, 3.8) is 0 Å². The molecule has 0 spiro atoms. The van der Waals surface area contributed by atoms with Crippen LogP contribution in [0.3, 0.4) is 0 Å². The van der Waals surface area contributed by atoms with Gasteiger partial charge in [-0.1, -0.05) is 13.8 Å². The number of aromatic nitrogens is 1. The maximum absolute atomic E-state index is 11.2. The highest BCUT2D eigenvalue weighted by atomic mass is 16.5. The zero-order chi connectivity index (χ0) is 18.3. The van der Waals surface area contributed by atoms with Crippen LogP contribution in [0, 0.1) is 13.8 Å². The first kappa shape index (κ1) is 16.9. The van der Waals surface area contributed by atoms with Crippen molar-refractivity contribution in [1.29, 1.82) is 0 Å². The zero-order valence-electron chi connectivity index (χ0n) is 14.7. The maximum atomic E-state index is 11.2. The molecule has 3 rings (SSSR count). The van der Waals surface area contributed by atoms with Gasteiger partial charge in [0.15, 0.2) is 0 Å². The summed E-state index contributed by atoms with van der Waals surface area (Å²) >= 11 is 0. The third-order valence-corrected chi connectivity index (χ3v) is 4.38. The summed E-state index contributed by atoms with van der Waals surface area (Å²) in [6.45, 7) is 7.85. The molecule has 1 heterocycles. The van der Waals surface area contributed by atoms with Crippen molar-refractivity contribution in [3.8, 4) is 17.2 Å². The summed E-state index contributed by atoms with van der Waals surface area (Å²) in [6.07, 6.45) is 0. The maximum Gasteiger partial charge on any atom is 0.352 e. The number of H-pyrrole nitrogens is 1. The number of carbonyl (C=O) groups is 1. The molecule has 3 aromatic rings. The van der Waals surface area contributed by atoms with Crippen molar-refractivity contribution in [2.45, 2.75) is 33.6 Å². The molecule has 3 N–H and O–H groups in total. The fourth-order valence-electron chi connectivity index (χ4n) is 3.04. The number of rotatable bonds is 4. The van der Waals surface area contributed by atoms with Crippen LogP contribution in [0.1, 0.15) is 46.9 Å². The summed E-state index contributed by atoms with van der Waals surface area (Å²) in [5.74, 6) is 0.778. The minimum Gasteiger partial charge on any atom is -0.508 e. The number of aryl methyl sites for hydroxylation is 2. The molecular formula is C20H21NO4. The Morgan fingerprint density at radius 3 is 2.52 bits per heavy atom. The molecule has 0 aliphatic rings. The van der Waals surface area contributed by atoms with E-state index < -0.39 is 5.97 Å². The molecule has 0 bridgehead atoms. The summed E-state index contributed by atoms with van der Waals surface area (Å²) in [7, 11) is 0. The number of benzene rings is 2. The van der Waals surface area contributed by atoms with Gasteiger partial charge in [0.25, 0.3) is 0 Å². The van der Waals surface area contributed by atoms with E-state index in [0.717, 1.165) is 27.6 Å². The van der Waals surface area contributed by atoms with E-state index in [-0.39, 0.29) is 17.4 Å². The van der Waals surface area contributed by atoms with Crippen LogP contribution >= 0.6 is 0 Å². The Kier molecular flexibility index (Phi) is 4.17. The summed E-state index contributed by atoms with van der Waals surface area (Å²) in [6, 6.07) is 8.70. The highest BCUT2D eigenvalue weighted by Crippen LogP contribution is 2.37. The van der Waals surface area contributed by atoms with Gasteiger partial charge < -0.3 is 19.9 Å². The van der Waals surface area contributed by atoms with Gasteiger partial charge in [0.2, 0.25) is 0 Å². The van der Waals surface area contributed by atoms with Gasteiger partial charge in [-0.3, -0.25) is 0 Å². The lowest BCUT2D eigenvalue weighted by Crippen LogP contribution is -1.94. The second-order valence-corrected chi connectivity index (χ2v) is 6.57. The quantitative estimate of drug-likeness (QED) is 0.617. The summed E-state index contributed by atoms with van der Waals surface area (Å²) in [5.41, 5.74) is 3.53. The van der Waals surface area contributed by atoms with E-state index in [0.29, 0.717) is 11.5 Å². The van der Waals surface area contributed by atoms with Crippen LogP contribution in [0.5, 0.6) is 17.2 Å². The Morgan fingerprint density at radius 1 is 1.16 bits per heavy atom. The molecule has 0 fully saturated rings. The van der Waals surface area contributed by atoms with Crippen LogP contribution in [-0.4, -0.2) is 21.2 Å². The summed E-state index contributed by atoms with van der Waals surface area (Å²) < 4.78 is 6.09. The number of carboxylic acid groups (broad SMARTS) is 1. The Bertz CT molecular complexity index is 969. The van der Waals surface area contributed by atoms with Crippen LogP contribution in [0.15, 0.2) is 30.3 Å². The molecule has 25 heavy (non-hydrogen) atoms. The van der Waals surface area contributed by atoms with E-state index in [4.69, 9.17) is 4.74 Å². The van der Waals surface area contributed by atoms with E-state index in [1.54, 1.807) is 18.2 Å². The van der Waals surface area contributed by atoms with Crippen molar-refractivity contribution in [2.24, 2.45) is 0 Å². The normalized spacial score (nSPS) is 11.2. The third kappa shape index (κ3) is 3.05. The minimum atomic E-state index is -0.990. The molecule has 5 nitrogen and oxygen atoms in total. The second kappa shape index (κ2) is 6.16. The SMILES string of the molecule is Cc1cc2[nH]c(C(=O)O)cc2c(C)c1Oc1ccc(O)c(C(C)C)c1. The first-order valence-electron chi connectivity index (χ1n) is 8.15. The number of aromatic hydroxyl groups is 1. The van der Waals surface area contributed by atoms with Crippen molar-refractivity contribution < 1.29 is 19.7 Å². The average molecular weight is 339 g/mol. The molecule has 1 aromatic heterocycles. The number of hydrogen-bond donors (Lipinski definition) is 3. The van der Waals surface area contributed by atoms with Gasteiger partial charge >= 0.3 is 5.97 Å². The van der Waals surface area contributed by atoms with E-state index in [1.807, 2.05) is 39.8 Å². The number of hydrogen-bond acceptors (Lipinski definition) is 3. The Balaban J connectivity index is 2.07. The number of phenols is 1. The van der Waals surface area contributed by atoms with Crippen molar-refractivity contribution in [2.75, 3.05) is 0 Å². The van der Waals surface area contributed by atoms with Gasteiger partial charge in [-0.2, -0.15) is 0 Å². The van der Waals surface area contributed by atoms with Gasteiger partial charge in [-0.05, 0) is 55.7 Å². The van der Waals surface area contributed by atoms with Crippen molar-refractivity contribution >= 4 is 16.9 Å². The largest absolute Gasteiger partial charge is 0.508 e. The first-order chi connectivity index (χ1) is 11.8. The van der Waals surface area contributed by atoms with Crippen molar-refractivity contribution in [3.05, 3.63) is 52.7 Å². The highest BCUT2D eigenvalue weighted by Gasteiger charge is 2.16. The lowest BCUT2D eigenvalue weighted by Gasteiger charge is -2.15. The second-order valence-electron chi connectivity index (χ2n) is 6.57. The minimum absolute atomic E-state index is 0.154. The van der Waals surface area contributed by atoms with Crippen LogP contribution in [0.2, 0.25) is 0 Å². The van der Waals surface area contributed by atoms with Gasteiger partial charge in [0.05, 0.1) is 0 Å². The molecule has 0 saturated carbocycles. The zero-order valence-corrected chi connectivity index (χ0v) is 14.7. The van der Waals surface area contributed by atoms with Crippen LogP contribution < -0.4 is 4.74 Å². The molecule has 0 radical (unpaired) electrons. The number of nitrogens with one attached hydrogen (secondary N) is 1. The monoisotopic (exact) mass is 339 g/mol. The molecular weight excluding hydrogens is 318 g/mol. The molecule has 0 atom stereocenters. The predicted molar refractivity (Wildman–Crippen MR) is 97.0 cm³/mol. The smallest absolute Gasteiger partial charge is 0.352 e. The van der Waals surface area contributed by atoms with E-state index in [1.165, 1.54) is 0 Å². The van der Waals surface area contributed by atoms with Crippen LogP contribution in [0.4, 0.5) is 0 Å². The first-order valence-corrected chi connectivity index (χ1v) is 8.15. The number of fused-ring (bicyclic) bond motifs is 1. The predicted octanol–water partition coefficient (Wildman–Crippen LogP) is 5.10. The Labute approximate surface area is 145 Å². The fraction of sp³-hybridized carbons (Fsp3) is 0.250. The molecule has 0 aliphatic heterocycles. The van der Waals surface area contributed by atoms with Crippen LogP contribution in [0.25, 0.3) is 10.9 Å². The van der Waals surface area contributed by atoms with Gasteiger partial charge in [0.1, 0.15) is 22.9 Å². The van der Waals surface area contributed by atoms with Crippen molar-refractivity contribution in [1.82, 2.24) is 4.98 Å². The standard InChI is InChI=1S/C20H21NO4/c1-10(2)14-8-13(5-6-18(14)22)25-19-11(3)7-16-15(12(19)4)9-17(21-16)20(23)24/h5-10,21-22H,1-4H3,(H,23,24). The lowest BCUT2D eigenvalue weighted by atomic mass is 10.0. The lowest BCUT2D eigenvalue weighted by molar-refractivity contribution is 0.0691. The fourth-order valence-corrected chi connectivity index (χ4v) is 3.04. The van der Waals surface area contributed by atoms with Gasteiger partial charge in [-0.25, -0.2) is 4.79 Å². The van der Waals surface area contributed by atoms with E-state index in [9.17, 15) is 15.0 Å². The number of aromatic amines is 1. The van der Waals surface area contributed by atoms with Crippen LogP contribution in [-0.2, 0) is 0 Å². The molecule has 130 valence electrons. The molecule has 0 saturated heterocycles. The summed E-state index contributed by atoms with van der Waals surface area (Å²) in [4.78, 5) is 14.1. The number of ether oxygens (including phenoxy) is 1. The van der Waals surface area contributed by atoms with E-state index >= 15 is 0 Å². The average Bonchev–Trinajstić information content (AvgIpc) is 2.97. The van der Waals surface area contributed by atoms with Gasteiger partial charge in [-0.15, -0.1) is 0 Å². The third-order valence-electron chi connectivity index (χ3n) is 4.38. The molecule has 0 amide bonds. The number of aromatic carboxylic acids is 1.